The molecule has 1 aliphatic heterocycles. The summed E-state index contributed by atoms with van der Waals surface area (Å²) in [7, 11) is 3.88. The molecule has 1 saturated carbocycles. The number of piperazine rings is 1. The fourth-order valence-electron chi connectivity index (χ4n) is 3.81. The van der Waals surface area contributed by atoms with Crippen LogP contribution in [0.3, 0.4) is 0 Å². The second kappa shape index (κ2) is 9.84. The summed E-state index contributed by atoms with van der Waals surface area (Å²) in [5.74, 6) is 1.67. The summed E-state index contributed by atoms with van der Waals surface area (Å²) < 4.78 is 5.19. The van der Waals surface area contributed by atoms with Gasteiger partial charge in [-0.1, -0.05) is 25.0 Å². The van der Waals surface area contributed by atoms with Crippen molar-refractivity contribution >= 4 is 23.5 Å². The first-order valence-corrected chi connectivity index (χ1v) is 11.1. The monoisotopic (exact) mass is 438 g/mol. The van der Waals surface area contributed by atoms with Crippen LogP contribution in [0.2, 0.25) is 0 Å². The number of ether oxygens (including phenoxy) is 1. The first kappa shape index (κ1) is 21.9. The van der Waals surface area contributed by atoms with Crippen molar-refractivity contribution in [2.24, 2.45) is 5.92 Å². The van der Waals surface area contributed by atoms with Crippen molar-refractivity contribution in [3.05, 3.63) is 42.0 Å². The number of aromatic nitrogens is 2. The van der Waals surface area contributed by atoms with Gasteiger partial charge in [0.05, 0.1) is 5.56 Å². The molecule has 2 fully saturated rings. The Morgan fingerprint density at radius 3 is 2.47 bits per heavy atom. The summed E-state index contributed by atoms with van der Waals surface area (Å²) in [6.07, 6.45) is 3.01. The third kappa shape index (κ3) is 5.46. The summed E-state index contributed by atoms with van der Waals surface area (Å²) in [6.45, 7) is 3.14. The van der Waals surface area contributed by atoms with E-state index in [1.807, 2.05) is 48.2 Å². The summed E-state index contributed by atoms with van der Waals surface area (Å²) >= 11 is 0. The van der Waals surface area contributed by atoms with Gasteiger partial charge in [-0.3, -0.25) is 4.79 Å². The minimum absolute atomic E-state index is 0.0384. The molecule has 9 heteroatoms. The number of amides is 2. The Hall–Kier alpha value is -3.36. The number of anilines is 2. The molecule has 1 aromatic heterocycles. The molecule has 2 amide bonds. The van der Waals surface area contributed by atoms with Crippen LogP contribution in [0.15, 0.2) is 36.4 Å². The lowest BCUT2D eigenvalue weighted by molar-refractivity contribution is 0.0747. The lowest BCUT2D eigenvalue weighted by Crippen LogP contribution is -2.49. The van der Waals surface area contributed by atoms with Gasteiger partial charge in [-0.25, -0.2) is 4.79 Å². The van der Waals surface area contributed by atoms with Gasteiger partial charge in [0, 0.05) is 58.6 Å². The van der Waals surface area contributed by atoms with Gasteiger partial charge in [0.1, 0.15) is 0 Å². The molecule has 0 bridgehead atoms. The lowest BCUT2D eigenvalue weighted by atomic mass is 10.1. The van der Waals surface area contributed by atoms with Crippen molar-refractivity contribution in [3.63, 3.8) is 0 Å². The van der Waals surface area contributed by atoms with E-state index in [1.165, 1.54) is 12.8 Å². The summed E-state index contributed by atoms with van der Waals surface area (Å²) in [6, 6.07) is 11.1. The second-order valence-electron chi connectivity index (χ2n) is 8.47. The smallest absolute Gasteiger partial charge is 0.390 e. The normalized spacial score (nSPS) is 15.9. The fourth-order valence-corrected chi connectivity index (χ4v) is 3.81. The number of para-hydroxylation sites is 1. The zero-order chi connectivity index (χ0) is 22.5. The van der Waals surface area contributed by atoms with Gasteiger partial charge in [-0.05, 0) is 30.5 Å². The minimum atomic E-state index is -0.502. The predicted molar refractivity (Wildman–Crippen MR) is 122 cm³/mol. The number of nitrogens with one attached hydrogen (secondary N) is 1. The van der Waals surface area contributed by atoms with Crippen LogP contribution in [-0.4, -0.2) is 73.9 Å². The second-order valence-corrected chi connectivity index (χ2v) is 8.47. The van der Waals surface area contributed by atoms with Gasteiger partial charge >= 0.3 is 6.09 Å². The van der Waals surface area contributed by atoms with Gasteiger partial charge in [-0.2, -0.15) is 0 Å². The number of hydrogen-bond donors (Lipinski definition) is 1. The molecular formula is C23H30N6O3. The first-order chi connectivity index (χ1) is 15.5. The number of benzene rings is 1. The van der Waals surface area contributed by atoms with Crippen LogP contribution in [0, 0.1) is 5.92 Å². The molecule has 9 nitrogen and oxygen atoms in total. The highest BCUT2D eigenvalue weighted by Crippen LogP contribution is 2.31. The molecular weight excluding hydrogens is 408 g/mol. The Balaban J connectivity index is 1.27. The van der Waals surface area contributed by atoms with Gasteiger partial charge in [0.2, 0.25) is 5.88 Å². The molecule has 1 aliphatic carbocycles. The number of carbonyl (C=O) groups is 2. The van der Waals surface area contributed by atoms with E-state index in [1.54, 1.807) is 12.1 Å². The molecule has 0 radical (unpaired) electrons. The average molecular weight is 439 g/mol. The Morgan fingerprint density at radius 2 is 1.81 bits per heavy atom. The molecule has 2 heterocycles. The molecule has 0 atom stereocenters. The molecule has 2 aliphatic rings. The quantitative estimate of drug-likeness (QED) is 0.710. The average Bonchev–Trinajstić information content (AvgIpc) is 3.64. The van der Waals surface area contributed by atoms with E-state index in [4.69, 9.17) is 4.74 Å². The maximum atomic E-state index is 13.0. The maximum absolute atomic E-state index is 13.0. The van der Waals surface area contributed by atoms with Crippen LogP contribution in [0.1, 0.15) is 29.6 Å². The standard InChI is InChI=1S/C23H30N6O3/c1-27(2)19-6-4-3-5-18(19)22(30)29-15-13-28(14-16-29)20-9-10-21(26-25-20)32-23(31)24-12-11-17-7-8-17/h3-6,9-10,17H,7-8,11-16H2,1-2H3,(H,24,31). The molecule has 2 aromatic rings. The first-order valence-electron chi connectivity index (χ1n) is 11.1. The topological polar surface area (TPSA) is 90.9 Å². The third-order valence-corrected chi connectivity index (χ3v) is 5.85. The van der Waals surface area contributed by atoms with E-state index >= 15 is 0 Å². The zero-order valence-electron chi connectivity index (χ0n) is 18.7. The Bertz CT molecular complexity index is 937. The van der Waals surface area contributed by atoms with E-state index in [-0.39, 0.29) is 11.8 Å². The fraction of sp³-hybridized carbons (Fsp3) is 0.478. The number of carbonyl (C=O) groups excluding carboxylic acids is 2. The van der Waals surface area contributed by atoms with Crippen molar-refractivity contribution < 1.29 is 14.3 Å². The molecule has 1 N–H and O–H groups in total. The van der Waals surface area contributed by atoms with Gasteiger partial charge in [0.25, 0.3) is 5.91 Å². The van der Waals surface area contributed by atoms with Gasteiger partial charge < -0.3 is 24.8 Å². The zero-order valence-corrected chi connectivity index (χ0v) is 18.7. The Morgan fingerprint density at radius 1 is 1.06 bits per heavy atom. The summed E-state index contributed by atoms with van der Waals surface area (Å²) in [5.41, 5.74) is 1.63. The number of hydrogen-bond acceptors (Lipinski definition) is 7. The predicted octanol–water partition coefficient (Wildman–Crippen LogP) is 2.39. The van der Waals surface area contributed by atoms with Crippen LogP contribution in [0.5, 0.6) is 5.88 Å². The van der Waals surface area contributed by atoms with Crippen LogP contribution in [0.25, 0.3) is 0 Å². The highest BCUT2D eigenvalue weighted by atomic mass is 16.6. The highest BCUT2D eigenvalue weighted by Gasteiger charge is 2.25. The summed E-state index contributed by atoms with van der Waals surface area (Å²) in [4.78, 5) is 30.8. The van der Waals surface area contributed by atoms with Crippen LogP contribution in [0.4, 0.5) is 16.3 Å². The largest absolute Gasteiger partial charge is 0.413 e. The molecule has 1 saturated heterocycles. The van der Waals surface area contributed by atoms with Gasteiger partial charge in [0.15, 0.2) is 5.82 Å². The molecule has 1 aromatic carbocycles. The third-order valence-electron chi connectivity index (χ3n) is 5.85. The minimum Gasteiger partial charge on any atom is -0.390 e. The number of rotatable bonds is 7. The van der Waals surface area contributed by atoms with Crippen molar-refractivity contribution in [3.8, 4) is 5.88 Å². The molecule has 32 heavy (non-hydrogen) atoms. The van der Waals surface area contributed by atoms with Crippen LogP contribution in [-0.2, 0) is 0 Å². The van der Waals surface area contributed by atoms with Crippen molar-refractivity contribution in [1.82, 2.24) is 20.4 Å². The molecule has 4 rings (SSSR count). The van der Waals surface area contributed by atoms with Gasteiger partial charge in [-0.15, -0.1) is 10.2 Å². The SMILES string of the molecule is CN(C)c1ccccc1C(=O)N1CCN(c2ccc(OC(=O)NCCC3CC3)nn2)CC1. The van der Waals surface area contributed by atoms with Crippen molar-refractivity contribution in [1.29, 1.82) is 0 Å². The van der Waals surface area contributed by atoms with E-state index in [9.17, 15) is 9.59 Å². The van der Waals surface area contributed by atoms with Crippen molar-refractivity contribution in [2.75, 3.05) is 56.6 Å². The van der Waals surface area contributed by atoms with Crippen LogP contribution >= 0.6 is 0 Å². The number of nitrogens with zero attached hydrogens (tertiary/aromatic N) is 5. The van der Waals surface area contributed by atoms with E-state index in [0.29, 0.717) is 44.1 Å². The summed E-state index contributed by atoms with van der Waals surface area (Å²) in [5, 5.41) is 11.0. The van der Waals surface area contributed by atoms with E-state index < -0.39 is 6.09 Å². The van der Waals surface area contributed by atoms with Crippen molar-refractivity contribution in [2.45, 2.75) is 19.3 Å². The Kier molecular flexibility index (Phi) is 6.72. The lowest BCUT2D eigenvalue weighted by Gasteiger charge is -2.35. The molecule has 0 unspecified atom stereocenters. The van der Waals surface area contributed by atoms with Crippen LogP contribution < -0.4 is 19.9 Å². The van der Waals surface area contributed by atoms with E-state index in [2.05, 4.69) is 20.4 Å². The molecule has 170 valence electrons. The highest BCUT2D eigenvalue weighted by molar-refractivity contribution is 5.99. The maximum Gasteiger partial charge on any atom is 0.413 e. The molecule has 0 spiro atoms. The Labute approximate surface area is 188 Å². The van der Waals surface area contributed by atoms with E-state index in [0.717, 1.165) is 18.0 Å².